The highest BCUT2D eigenvalue weighted by molar-refractivity contribution is 5.39. The summed E-state index contributed by atoms with van der Waals surface area (Å²) in [4.78, 5) is 14.3. The van der Waals surface area contributed by atoms with E-state index in [1.165, 1.54) is 18.4 Å². The van der Waals surface area contributed by atoms with Gasteiger partial charge in [-0.2, -0.15) is 10.2 Å². The Morgan fingerprint density at radius 2 is 2.16 bits per heavy atom. The molecule has 0 radical (unpaired) electrons. The Balaban J connectivity index is 1.68. The molecule has 3 rings (SSSR count). The molecule has 1 unspecified atom stereocenters. The molecule has 0 spiro atoms. The third kappa shape index (κ3) is 4.28. The Hall–Kier alpha value is -2.15. The van der Waals surface area contributed by atoms with Crippen LogP contribution < -0.4 is 15.8 Å². The fourth-order valence-corrected chi connectivity index (χ4v) is 3.40. The molecule has 7 nitrogen and oxygen atoms in total. The van der Waals surface area contributed by atoms with Gasteiger partial charge in [0, 0.05) is 50.6 Å². The van der Waals surface area contributed by atoms with Gasteiger partial charge in [0.15, 0.2) is 0 Å². The third-order valence-electron chi connectivity index (χ3n) is 4.69. The SMILES string of the molecule is CC(C)n1nc(N2CCCCC2CNCc2cnn(C)c2)ccc1=O. The first-order chi connectivity index (χ1) is 12.0. The number of anilines is 1. The number of nitrogens with zero attached hydrogens (tertiary/aromatic N) is 5. The summed E-state index contributed by atoms with van der Waals surface area (Å²) >= 11 is 0. The highest BCUT2D eigenvalue weighted by Gasteiger charge is 2.24. The van der Waals surface area contributed by atoms with E-state index in [9.17, 15) is 4.79 Å². The molecule has 2 aromatic heterocycles. The molecule has 0 saturated carbocycles. The Morgan fingerprint density at radius 3 is 2.88 bits per heavy atom. The minimum atomic E-state index is -0.0398. The van der Waals surface area contributed by atoms with Crippen LogP contribution in [0.1, 0.15) is 44.7 Å². The van der Waals surface area contributed by atoms with Crippen molar-refractivity contribution >= 4 is 5.82 Å². The molecule has 0 bridgehead atoms. The van der Waals surface area contributed by atoms with Crippen molar-refractivity contribution in [2.75, 3.05) is 18.0 Å². The molecule has 1 aliphatic rings. The molecular formula is C18H28N6O. The zero-order valence-corrected chi connectivity index (χ0v) is 15.4. The van der Waals surface area contributed by atoms with E-state index in [0.29, 0.717) is 6.04 Å². The first-order valence-electron chi connectivity index (χ1n) is 9.09. The second kappa shape index (κ2) is 7.82. The number of piperidine rings is 1. The first-order valence-corrected chi connectivity index (χ1v) is 9.09. The van der Waals surface area contributed by atoms with E-state index in [0.717, 1.165) is 31.9 Å². The van der Waals surface area contributed by atoms with E-state index >= 15 is 0 Å². The van der Waals surface area contributed by atoms with E-state index in [1.807, 2.05) is 44.0 Å². The topological polar surface area (TPSA) is 68.0 Å². The lowest BCUT2D eigenvalue weighted by atomic mass is 10.0. The zero-order valence-electron chi connectivity index (χ0n) is 15.4. The Bertz CT molecular complexity index is 750. The summed E-state index contributed by atoms with van der Waals surface area (Å²) in [6.07, 6.45) is 7.47. The highest BCUT2D eigenvalue weighted by Crippen LogP contribution is 2.22. The van der Waals surface area contributed by atoms with Crippen LogP contribution in [-0.2, 0) is 13.6 Å². The summed E-state index contributed by atoms with van der Waals surface area (Å²) in [5, 5.41) is 12.3. The van der Waals surface area contributed by atoms with Crippen molar-refractivity contribution in [3.05, 3.63) is 40.4 Å². The van der Waals surface area contributed by atoms with Gasteiger partial charge in [0.2, 0.25) is 0 Å². The normalized spacial score (nSPS) is 18.1. The summed E-state index contributed by atoms with van der Waals surface area (Å²) < 4.78 is 3.40. The number of rotatable bonds is 6. The Labute approximate surface area is 148 Å². The van der Waals surface area contributed by atoms with Crippen LogP contribution in [-0.4, -0.2) is 38.7 Å². The molecule has 25 heavy (non-hydrogen) atoms. The van der Waals surface area contributed by atoms with E-state index < -0.39 is 0 Å². The molecule has 1 saturated heterocycles. The van der Waals surface area contributed by atoms with Crippen molar-refractivity contribution in [3.63, 3.8) is 0 Å². The lowest BCUT2D eigenvalue weighted by Gasteiger charge is -2.37. The summed E-state index contributed by atoms with van der Waals surface area (Å²) in [6.45, 7) is 6.68. The Morgan fingerprint density at radius 1 is 1.32 bits per heavy atom. The van der Waals surface area contributed by atoms with Crippen LogP contribution >= 0.6 is 0 Å². The molecule has 1 atom stereocenters. The van der Waals surface area contributed by atoms with Crippen LogP contribution in [0.2, 0.25) is 0 Å². The van der Waals surface area contributed by atoms with E-state index in [4.69, 9.17) is 0 Å². The average molecular weight is 344 g/mol. The number of aryl methyl sites for hydroxylation is 1. The predicted octanol–water partition coefficient (Wildman–Crippen LogP) is 1.71. The summed E-state index contributed by atoms with van der Waals surface area (Å²) in [7, 11) is 1.93. The van der Waals surface area contributed by atoms with Crippen LogP contribution in [0, 0.1) is 0 Å². The minimum Gasteiger partial charge on any atom is -0.351 e. The van der Waals surface area contributed by atoms with Crippen LogP contribution in [0.15, 0.2) is 29.3 Å². The van der Waals surface area contributed by atoms with Gasteiger partial charge in [-0.25, -0.2) is 4.68 Å². The van der Waals surface area contributed by atoms with Crippen molar-refractivity contribution < 1.29 is 0 Å². The van der Waals surface area contributed by atoms with Gasteiger partial charge in [0.25, 0.3) is 5.56 Å². The van der Waals surface area contributed by atoms with Crippen molar-refractivity contribution in [1.82, 2.24) is 24.9 Å². The molecule has 7 heteroatoms. The van der Waals surface area contributed by atoms with Crippen molar-refractivity contribution in [2.24, 2.45) is 7.05 Å². The smallest absolute Gasteiger partial charge is 0.267 e. The van der Waals surface area contributed by atoms with Gasteiger partial charge in [-0.15, -0.1) is 0 Å². The minimum absolute atomic E-state index is 0.0398. The molecule has 1 aliphatic heterocycles. The summed E-state index contributed by atoms with van der Waals surface area (Å²) in [5.41, 5.74) is 1.15. The quantitative estimate of drug-likeness (QED) is 0.864. The van der Waals surface area contributed by atoms with E-state index in [1.54, 1.807) is 10.7 Å². The van der Waals surface area contributed by atoms with Crippen molar-refractivity contribution in [1.29, 1.82) is 0 Å². The van der Waals surface area contributed by atoms with Crippen LogP contribution in [0.4, 0.5) is 5.82 Å². The lowest BCUT2D eigenvalue weighted by Crippen LogP contribution is -2.46. The fourth-order valence-electron chi connectivity index (χ4n) is 3.40. The van der Waals surface area contributed by atoms with Gasteiger partial charge in [-0.1, -0.05) is 0 Å². The fraction of sp³-hybridized carbons (Fsp3) is 0.611. The van der Waals surface area contributed by atoms with Gasteiger partial charge in [0.05, 0.1) is 12.2 Å². The van der Waals surface area contributed by atoms with Crippen LogP contribution in [0.25, 0.3) is 0 Å². The van der Waals surface area contributed by atoms with Gasteiger partial charge < -0.3 is 10.2 Å². The van der Waals surface area contributed by atoms with E-state index in [2.05, 4.69) is 20.4 Å². The summed E-state index contributed by atoms with van der Waals surface area (Å²) in [5.74, 6) is 0.904. The zero-order chi connectivity index (χ0) is 17.8. The monoisotopic (exact) mass is 344 g/mol. The van der Waals surface area contributed by atoms with Gasteiger partial charge in [-0.05, 0) is 39.2 Å². The van der Waals surface area contributed by atoms with Crippen LogP contribution in [0.3, 0.4) is 0 Å². The molecular weight excluding hydrogens is 316 g/mol. The maximum Gasteiger partial charge on any atom is 0.267 e. The van der Waals surface area contributed by atoms with Gasteiger partial charge >= 0.3 is 0 Å². The predicted molar refractivity (Wildman–Crippen MR) is 98.8 cm³/mol. The van der Waals surface area contributed by atoms with E-state index in [-0.39, 0.29) is 11.6 Å². The number of aromatic nitrogens is 4. The first kappa shape index (κ1) is 17.7. The van der Waals surface area contributed by atoms with Crippen molar-refractivity contribution in [3.8, 4) is 0 Å². The van der Waals surface area contributed by atoms with Gasteiger partial charge in [0.1, 0.15) is 5.82 Å². The average Bonchev–Trinajstić information content (AvgIpc) is 3.01. The van der Waals surface area contributed by atoms with Gasteiger partial charge in [-0.3, -0.25) is 9.48 Å². The molecule has 1 fully saturated rings. The maximum atomic E-state index is 12.0. The molecule has 0 aliphatic carbocycles. The van der Waals surface area contributed by atoms with Crippen LogP contribution in [0.5, 0.6) is 0 Å². The molecule has 3 heterocycles. The number of hydrogen-bond acceptors (Lipinski definition) is 5. The molecule has 0 amide bonds. The second-order valence-corrected chi connectivity index (χ2v) is 7.06. The Kier molecular flexibility index (Phi) is 5.53. The number of nitrogens with one attached hydrogen (secondary N) is 1. The molecule has 2 aromatic rings. The maximum absolute atomic E-state index is 12.0. The molecule has 1 N–H and O–H groups in total. The van der Waals surface area contributed by atoms with Crippen molar-refractivity contribution in [2.45, 2.75) is 51.7 Å². The largest absolute Gasteiger partial charge is 0.351 e. The molecule has 136 valence electrons. The highest BCUT2D eigenvalue weighted by atomic mass is 16.1. The second-order valence-electron chi connectivity index (χ2n) is 7.06. The number of hydrogen-bond donors (Lipinski definition) is 1. The standard InChI is InChI=1S/C18H28N6O/c1-14(2)24-18(25)8-7-17(21-24)23-9-5-4-6-16(23)12-19-10-15-11-20-22(3)13-15/h7-8,11,13-14,16,19H,4-6,9-10,12H2,1-3H3. The third-order valence-corrected chi connectivity index (χ3v) is 4.69. The lowest BCUT2D eigenvalue weighted by molar-refractivity contribution is 0.423. The summed E-state index contributed by atoms with van der Waals surface area (Å²) in [6, 6.07) is 3.97. The molecule has 0 aromatic carbocycles.